The number of rotatable bonds is 8. The SMILES string of the molecule is CC(C)CCN(CCCC(N)=S)C1CCCC1. The fourth-order valence-electron chi connectivity index (χ4n) is 2.63. The fourth-order valence-corrected chi connectivity index (χ4v) is 2.77. The molecule has 2 nitrogen and oxygen atoms in total. The van der Waals surface area contributed by atoms with Gasteiger partial charge in [0.05, 0.1) is 4.99 Å². The minimum absolute atomic E-state index is 0.667. The van der Waals surface area contributed by atoms with Crippen LogP contribution in [0, 0.1) is 5.92 Å². The Balaban J connectivity index is 2.32. The Kier molecular flexibility index (Phi) is 7.05. The molecule has 0 aromatic rings. The van der Waals surface area contributed by atoms with Crippen molar-refractivity contribution in [2.75, 3.05) is 13.1 Å². The quantitative estimate of drug-likeness (QED) is 0.675. The van der Waals surface area contributed by atoms with Crippen molar-refractivity contribution < 1.29 is 0 Å². The summed E-state index contributed by atoms with van der Waals surface area (Å²) in [7, 11) is 0. The van der Waals surface area contributed by atoms with Crippen LogP contribution < -0.4 is 5.73 Å². The maximum atomic E-state index is 5.57. The van der Waals surface area contributed by atoms with Crippen LogP contribution in [0.15, 0.2) is 0 Å². The summed E-state index contributed by atoms with van der Waals surface area (Å²) in [6.07, 6.45) is 8.96. The summed E-state index contributed by atoms with van der Waals surface area (Å²) in [6, 6.07) is 0.833. The number of thiocarbonyl (C=S) groups is 1. The van der Waals surface area contributed by atoms with E-state index >= 15 is 0 Å². The lowest BCUT2D eigenvalue weighted by Gasteiger charge is -2.29. The molecule has 1 rings (SSSR count). The molecule has 2 N–H and O–H groups in total. The largest absolute Gasteiger partial charge is 0.393 e. The Bertz CT molecular complexity index is 222. The van der Waals surface area contributed by atoms with Crippen LogP contribution in [0.1, 0.15) is 58.8 Å². The highest BCUT2D eigenvalue weighted by atomic mass is 32.1. The van der Waals surface area contributed by atoms with E-state index in [4.69, 9.17) is 18.0 Å². The highest BCUT2D eigenvalue weighted by molar-refractivity contribution is 7.80. The first kappa shape index (κ1) is 14.9. The molecule has 3 heteroatoms. The number of hydrogen-bond donors (Lipinski definition) is 1. The zero-order valence-electron chi connectivity index (χ0n) is 11.5. The summed E-state index contributed by atoms with van der Waals surface area (Å²) in [5, 5.41) is 0. The lowest BCUT2D eigenvalue weighted by molar-refractivity contribution is 0.187. The van der Waals surface area contributed by atoms with E-state index in [1.54, 1.807) is 0 Å². The Labute approximate surface area is 112 Å². The van der Waals surface area contributed by atoms with Crippen LogP contribution in [0.5, 0.6) is 0 Å². The van der Waals surface area contributed by atoms with E-state index in [1.807, 2.05) is 0 Å². The lowest BCUT2D eigenvalue weighted by atomic mass is 10.1. The second-order valence-electron chi connectivity index (χ2n) is 5.73. The zero-order valence-corrected chi connectivity index (χ0v) is 12.3. The van der Waals surface area contributed by atoms with Crippen molar-refractivity contribution in [1.82, 2.24) is 4.90 Å². The Morgan fingerprint density at radius 2 is 1.94 bits per heavy atom. The molecule has 0 saturated heterocycles. The molecular formula is C14H28N2S. The number of hydrogen-bond acceptors (Lipinski definition) is 2. The third kappa shape index (κ3) is 6.37. The van der Waals surface area contributed by atoms with E-state index in [0.717, 1.165) is 24.8 Å². The van der Waals surface area contributed by atoms with E-state index in [2.05, 4.69) is 18.7 Å². The molecule has 0 amide bonds. The van der Waals surface area contributed by atoms with Crippen molar-refractivity contribution in [2.45, 2.75) is 64.8 Å². The Morgan fingerprint density at radius 1 is 1.29 bits per heavy atom. The molecule has 1 fully saturated rings. The molecule has 100 valence electrons. The van der Waals surface area contributed by atoms with E-state index in [-0.39, 0.29) is 0 Å². The van der Waals surface area contributed by atoms with Gasteiger partial charge >= 0.3 is 0 Å². The van der Waals surface area contributed by atoms with Crippen molar-refractivity contribution in [3.8, 4) is 0 Å². The molecule has 0 aromatic heterocycles. The zero-order chi connectivity index (χ0) is 12.7. The molecular weight excluding hydrogens is 228 g/mol. The van der Waals surface area contributed by atoms with E-state index < -0.39 is 0 Å². The van der Waals surface area contributed by atoms with Gasteiger partial charge in [0.15, 0.2) is 0 Å². The maximum absolute atomic E-state index is 5.57. The molecule has 0 bridgehead atoms. The molecule has 0 atom stereocenters. The van der Waals surface area contributed by atoms with Crippen LogP contribution in [0.4, 0.5) is 0 Å². The van der Waals surface area contributed by atoms with Crippen LogP contribution in [-0.2, 0) is 0 Å². The summed E-state index contributed by atoms with van der Waals surface area (Å²) < 4.78 is 0. The van der Waals surface area contributed by atoms with Crippen molar-refractivity contribution >= 4 is 17.2 Å². The third-order valence-corrected chi connectivity index (χ3v) is 3.91. The van der Waals surface area contributed by atoms with E-state index in [1.165, 1.54) is 45.2 Å². The van der Waals surface area contributed by atoms with Crippen LogP contribution in [-0.4, -0.2) is 29.0 Å². The second kappa shape index (κ2) is 8.04. The smallest absolute Gasteiger partial charge is 0.0727 e. The van der Waals surface area contributed by atoms with Crippen molar-refractivity contribution in [3.05, 3.63) is 0 Å². The molecule has 0 spiro atoms. The molecule has 0 aromatic carbocycles. The summed E-state index contributed by atoms with van der Waals surface area (Å²) in [5.41, 5.74) is 5.57. The van der Waals surface area contributed by atoms with Crippen LogP contribution >= 0.6 is 12.2 Å². The first-order valence-electron chi connectivity index (χ1n) is 7.12. The van der Waals surface area contributed by atoms with Crippen molar-refractivity contribution in [1.29, 1.82) is 0 Å². The van der Waals surface area contributed by atoms with Gasteiger partial charge in [0, 0.05) is 6.04 Å². The first-order valence-corrected chi connectivity index (χ1v) is 7.52. The van der Waals surface area contributed by atoms with Crippen LogP contribution in [0.2, 0.25) is 0 Å². The summed E-state index contributed by atoms with van der Waals surface area (Å²) >= 11 is 4.95. The summed E-state index contributed by atoms with van der Waals surface area (Å²) in [4.78, 5) is 3.35. The Hall–Kier alpha value is -0.150. The van der Waals surface area contributed by atoms with Gasteiger partial charge in [-0.3, -0.25) is 0 Å². The topological polar surface area (TPSA) is 29.3 Å². The number of nitrogens with zero attached hydrogens (tertiary/aromatic N) is 1. The number of nitrogens with two attached hydrogens (primary N) is 1. The van der Waals surface area contributed by atoms with Gasteiger partial charge in [0.25, 0.3) is 0 Å². The fraction of sp³-hybridized carbons (Fsp3) is 0.929. The van der Waals surface area contributed by atoms with Crippen molar-refractivity contribution in [3.63, 3.8) is 0 Å². The Morgan fingerprint density at radius 3 is 2.47 bits per heavy atom. The van der Waals surface area contributed by atoms with E-state index in [0.29, 0.717) is 4.99 Å². The maximum Gasteiger partial charge on any atom is 0.0727 e. The standard InChI is InChI=1S/C14H28N2S/c1-12(2)9-11-16(10-5-8-14(15)17)13-6-3-4-7-13/h12-13H,3-11H2,1-2H3,(H2,15,17). The lowest BCUT2D eigenvalue weighted by Crippen LogP contribution is -2.35. The molecule has 1 aliphatic carbocycles. The third-order valence-electron chi connectivity index (χ3n) is 3.70. The van der Waals surface area contributed by atoms with Crippen LogP contribution in [0.3, 0.4) is 0 Å². The van der Waals surface area contributed by atoms with Gasteiger partial charge in [0.2, 0.25) is 0 Å². The average molecular weight is 256 g/mol. The monoisotopic (exact) mass is 256 g/mol. The molecule has 0 unspecified atom stereocenters. The molecule has 0 aliphatic heterocycles. The molecule has 1 aliphatic rings. The summed E-state index contributed by atoms with van der Waals surface area (Å²) in [6.45, 7) is 7.04. The minimum Gasteiger partial charge on any atom is -0.393 e. The van der Waals surface area contributed by atoms with Gasteiger partial charge in [0.1, 0.15) is 0 Å². The minimum atomic E-state index is 0.667. The van der Waals surface area contributed by atoms with Gasteiger partial charge in [-0.1, -0.05) is 38.9 Å². The predicted octanol–water partition coefficient (Wildman–Crippen LogP) is 3.34. The molecule has 17 heavy (non-hydrogen) atoms. The van der Waals surface area contributed by atoms with Gasteiger partial charge in [-0.25, -0.2) is 0 Å². The predicted molar refractivity (Wildman–Crippen MR) is 79.3 cm³/mol. The van der Waals surface area contributed by atoms with Gasteiger partial charge in [-0.2, -0.15) is 0 Å². The van der Waals surface area contributed by atoms with E-state index in [9.17, 15) is 0 Å². The summed E-state index contributed by atoms with van der Waals surface area (Å²) in [5.74, 6) is 0.800. The molecule has 0 radical (unpaired) electrons. The highest BCUT2D eigenvalue weighted by Crippen LogP contribution is 2.24. The molecule has 0 heterocycles. The normalized spacial score (nSPS) is 17.2. The average Bonchev–Trinajstić information content (AvgIpc) is 2.75. The molecule has 1 saturated carbocycles. The van der Waals surface area contributed by atoms with Gasteiger partial charge < -0.3 is 10.6 Å². The first-order chi connectivity index (χ1) is 8.09. The highest BCUT2D eigenvalue weighted by Gasteiger charge is 2.21. The van der Waals surface area contributed by atoms with Gasteiger partial charge in [-0.05, 0) is 51.1 Å². The van der Waals surface area contributed by atoms with Gasteiger partial charge in [-0.15, -0.1) is 0 Å². The van der Waals surface area contributed by atoms with Crippen molar-refractivity contribution in [2.24, 2.45) is 11.7 Å². The second-order valence-corrected chi connectivity index (χ2v) is 6.25. The van der Waals surface area contributed by atoms with Crippen LogP contribution in [0.25, 0.3) is 0 Å².